The van der Waals surface area contributed by atoms with Crippen molar-refractivity contribution in [3.8, 4) is 0 Å². The van der Waals surface area contributed by atoms with Gasteiger partial charge in [0, 0.05) is 17.6 Å². The number of rotatable bonds is 6. The van der Waals surface area contributed by atoms with Gasteiger partial charge in [-0.15, -0.1) is 0 Å². The highest BCUT2D eigenvalue weighted by molar-refractivity contribution is 6.30. The lowest BCUT2D eigenvalue weighted by Gasteiger charge is -2.23. The molecule has 0 saturated heterocycles. The van der Waals surface area contributed by atoms with Crippen molar-refractivity contribution in [2.45, 2.75) is 25.6 Å². The van der Waals surface area contributed by atoms with Gasteiger partial charge in [-0.3, -0.25) is 4.90 Å². The van der Waals surface area contributed by atoms with E-state index in [4.69, 9.17) is 17.3 Å². The van der Waals surface area contributed by atoms with Gasteiger partial charge in [0.2, 0.25) is 0 Å². The molecule has 0 spiro atoms. The number of alkyl halides is 3. The van der Waals surface area contributed by atoms with Crippen LogP contribution in [-0.4, -0.2) is 30.7 Å². The Kier molecular flexibility index (Phi) is 6.10. The minimum atomic E-state index is -4.17. The molecule has 0 amide bonds. The number of hydrogen-bond acceptors (Lipinski definition) is 2. The van der Waals surface area contributed by atoms with E-state index in [9.17, 15) is 13.2 Å². The summed E-state index contributed by atoms with van der Waals surface area (Å²) in [6, 6.07) is 6.79. The second kappa shape index (κ2) is 7.12. The zero-order chi connectivity index (χ0) is 14.5. The molecule has 1 atom stereocenters. The maximum absolute atomic E-state index is 12.3. The Morgan fingerprint density at radius 3 is 2.58 bits per heavy atom. The quantitative estimate of drug-likeness (QED) is 0.868. The number of hydrogen-bond donors (Lipinski definition) is 1. The molecule has 0 radical (unpaired) electrons. The van der Waals surface area contributed by atoms with E-state index < -0.39 is 12.7 Å². The molecule has 1 aromatic carbocycles. The van der Waals surface area contributed by atoms with Gasteiger partial charge in [-0.1, -0.05) is 30.7 Å². The second-order valence-corrected chi connectivity index (χ2v) is 4.87. The molecule has 0 aliphatic carbocycles. The Hall–Kier alpha value is -0.780. The van der Waals surface area contributed by atoms with Crippen LogP contribution >= 0.6 is 11.6 Å². The van der Waals surface area contributed by atoms with Crippen molar-refractivity contribution in [1.82, 2.24) is 4.90 Å². The maximum atomic E-state index is 12.3. The maximum Gasteiger partial charge on any atom is 0.401 e. The predicted molar refractivity (Wildman–Crippen MR) is 71.2 cm³/mol. The highest BCUT2D eigenvalue weighted by Crippen LogP contribution is 2.20. The highest BCUT2D eigenvalue weighted by Gasteiger charge is 2.30. The number of nitrogens with zero attached hydrogens (tertiary/aromatic N) is 1. The van der Waals surface area contributed by atoms with Gasteiger partial charge < -0.3 is 5.73 Å². The molecule has 2 N–H and O–H groups in total. The molecule has 6 heteroatoms. The van der Waals surface area contributed by atoms with Crippen molar-refractivity contribution in [2.75, 3.05) is 19.6 Å². The van der Waals surface area contributed by atoms with Gasteiger partial charge in [-0.05, 0) is 30.7 Å². The fraction of sp³-hybridized carbons (Fsp3) is 0.538. The van der Waals surface area contributed by atoms with Crippen LogP contribution in [0.15, 0.2) is 24.3 Å². The van der Waals surface area contributed by atoms with Crippen LogP contribution in [0.3, 0.4) is 0 Å². The van der Waals surface area contributed by atoms with Crippen LogP contribution in [0.4, 0.5) is 13.2 Å². The van der Waals surface area contributed by atoms with Crippen molar-refractivity contribution in [1.29, 1.82) is 0 Å². The first-order valence-corrected chi connectivity index (χ1v) is 6.49. The monoisotopic (exact) mass is 294 g/mol. The number of halogens is 4. The van der Waals surface area contributed by atoms with Gasteiger partial charge in [0.25, 0.3) is 0 Å². The summed E-state index contributed by atoms with van der Waals surface area (Å²) in [7, 11) is 0. The summed E-state index contributed by atoms with van der Waals surface area (Å²) in [6.45, 7) is 1.47. The van der Waals surface area contributed by atoms with Crippen LogP contribution < -0.4 is 5.73 Å². The Morgan fingerprint density at radius 1 is 1.37 bits per heavy atom. The Bertz CT molecular complexity index is 396. The first-order valence-electron chi connectivity index (χ1n) is 6.12. The summed E-state index contributed by atoms with van der Waals surface area (Å²) in [5.74, 6) is 0. The van der Waals surface area contributed by atoms with Gasteiger partial charge in [-0.2, -0.15) is 13.2 Å². The van der Waals surface area contributed by atoms with Crippen LogP contribution in [-0.2, 0) is 0 Å². The van der Waals surface area contributed by atoms with Crippen molar-refractivity contribution < 1.29 is 13.2 Å². The van der Waals surface area contributed by atoms with Gasteiger partial charge in [0.15, 0.2) is 0 Å². The minimum Gasteiger partial charge on any atom is -0.324 e. The second-order valence-electron chi connectivity index (χ2n) is 4.43. The lowest BCUT2D eigenvalue weighted by molar-refractivity contribution is -0.145. The third kappa shape index (κ3) is 6.27. The first-order chi connectivity index (χ1) is 8.81. The third-order valence-corrected chi connectivity index (χ3v) is 3.12. The summed E-state index contributed by atoms with van der Waals surface area (Å²) in [6.07, 6.45) is -3.71. The molecule has 19 heavy (non-hydrogen) atoms. The van der Waals surface area contributed by atoms with Crippen molar-refractivity contribution in [3.05, 3.63) is 34.9 Å². The molecule has 0 heterocycles. The van der Waals surface area contributed by atoms with Crippen molar-refractivity contribution in [3.63, 3.8) is 0 Å². The zero-order valence-electron chi connectivity index (χ0n) is 10.8. The summed E-state index contributed by atoms with van der Waals surface area (Å²) in [5, 5.41) is 0.579. The van der Waals surface area contributed by atoms with E-state index in [1.807, 2.05) is 6.07 Å². The summed E-state index contributed by atoms with van der Waals surface area (Å²) in [5.41, 5.74) is 6.81. The average molecular weight is 295 g/mol. The van der Waals surface area contributed by atoms with E-state index in [1.54, 1.807) is 25.1 Å². The van der Waals surface area contributed by atoms with Gasteiger partial charge >= 0.3 is 6.18 Å². The zero-order valence-corrected chi connectivity index (χ0v) is 11.5. The van der Waals surface area contributed by atoms with E-state index in [2.05, 4.69) is 0 Å². The summed E-state index contributed by atoms with van der Waals surface area (Å²) >= 11 is 5.85. The fourth-order valence-electron chi connectivity index (χ4n) is 1.83. The van der Waals surface area contributed by atoms with E-state index in [0.29, 0.717) is 24.5 Å². The smallest absolute Gasteiger partial charge is 0.324 e. The SMILES string of the molecule is CCN(CCC(N)c1cccc(Cl)c1)CC(F)(F)F. The molecule has 0 aliphatic heterocycles. The van der Waals surface area contributed by atoms with E-state index in [0.717, 1.165) is 5.56 Å². The molecule has 2 nitrogen and oxygen atoms in total. The van der Waals surface area contributed by atoms with E-state index in [-0.39, 0.29) is 6.04 Å². The molecule has 0 aliphatic rings. The Labute approximate surface area is 116 Å². The van der Waals surface area contributed by atoms with Crippen LogP contribution in [0.5, 0.6) is 0 Å². The van der Waals surface area contributed by atoms with Crippen molar-refractivity contribution in [2.24, 2.45) is 5.73 Å². The van der Waals surface area contributed by atoms with Crippen LogP contribution in [0.2, 0.25) is 5.02 Å². The predicted octanol–water partition coefficient (Wildman–Crippen LogP) is 3.61. The number of benzene rings is 1. The Morgan fingerprint density at radius 2 is 2.05 bits per heavy atom. The highest BCUT2D eigenvalue weighted by atomic mass is 35.5. The molecule has 1 rings (SSSR count). The Balaban J connectivity index is 2.50. The van der Waals surface area contributed by atoms with Gasteiger partial charge in [0.1, 0.15) is 0 Å². The average Bonchev–Trinajstić information content (AvgIpc) is 2.32. The van der Waals surface area contributed by atoms with Crippen LogP contribution in [0, 0.1) is 0 Å². The van der Waals surface area contributed by atoms with E-state index >= 15 is 0 Å². The van der Waals surface area contributed by atoms with Crippen LogP contribution in [0.25, 0.3) is 0 Å². The normalized spacial score (nSPS) is 13.8. The van der Waals surface area contributed by atoms with E-state index in [1.165, 1.54) is 4.90 Å². The summed E-state index contributed by atoms with van der Waals surface area (Å²) in [4.78, 5) is 1.34. The standard InChI is InChI=1S/C13H18ClF3N2/c1-2-19(9-13(15,16)17)7-6-12(18)10-4-3-5-11(14)8-10/h3-5,8,12H,2,6-7,9,18H2,1H3. The molecular formula is C13H18ClF3N2. The first kappa shape index (κ1) is 16.3. The molecular weight excluding hydrogens is 277 g/mol. The lowest BCUT2D eigenvalue weighted by Crippen LogP contribution is -2.35. The molecule has 0 aromatic heterocycles. The fourth-order valence-corrected chi connectivity index (χ4v) is 2.03. The minimum absolute atomic E-state index is 0.305. The molecule has 0 fully saturated rings. The topological polar surface area (TPSA) is 29.3 Å². The largest absolute Gasteiger partial charge is 0.401 e. The lowest BCUT2D eigenvalue weighted by atomic mass is 10.0. The third-order valence-electron chi connectivity index (χ3n) is 2.88. The van der Waals surface area contributed by atoms with Crippen molar-refractivity contribution >= 4 is 11.6 Å². The number of nitrogens with two attached hydrogens (primary N) is 1. The molecule has 1 aromatic rings. The van der Waals surface area contributed by atoms with Gasteiger partial charge in [-0.25, -0.2) is 0 Å². The summed E-state index contributed by atoms with van der Waals surface area (Å²) < 4.78 is 36.9. The molecule has 0 saturated carbocycles. The van der Waals surface area contributed by atoms with Crippen LogP contribution in [0.1, 0.15) is 24.9 Å². The van der Waals surface area contributed by atoms with Gasteiger partial charge in [0.05, 0.1) is 6.54 Å². The molecule has 1 unspecified atom stereocenters. The molecule has 0 bridgehead atoms. The molecule has 108 valence electrons.